The zero-order valence-corrected chi connectivity index (χ0v) is 16.9. The quantitative estimate of drug-likeness (QED) is 0.471. The molecule has 0 radical (unpaired) electrons. The van der Waals surface area contributed by atoms with Crippen molar-refractivity contribution in [2.24, 2.45) is 0 Å². The summed E-state index contributed by atoms with van der Waals surface area (Å²) in [5.74, 6) is -1.70. The number of nitrogens with zero attached hydrogens (tertiary/aromatic N) is 1. The summed E-state index contributed by atoms with van der Waals surface area (Å²) in [6.45, 7) is 3.46. The van der Waals surface area contributed by atoms with E-state index in [0.717, 1.165) is 21.8 Å². The van der Waals surface area contributed by atoms with Crippen molar-refractivity contribution in [3.05, 3.63) is 48.3 Å². The van der Waals surface area contributed by atoms with Gasteiger partial charge in [0.15, 0.2) is 12.2 Å². The minimum Gasteiger partial charge on any atom is -0.462 e. The van der Waals surface area contributed by atoms with E-state index >= 15 is 0 Å². The molecular formula is C22H22N2O6. The number of esters is 3. The van der Waals surface area contributed by atoms with Crippen LogP contribution in [0.5, 0.6) is 0 Å². The Balaban J connectivity index is 1.96. The number of benzene rings is 1. The van der Waals surface area contributed by atoms with Crippen molar-refractivity contribution in [2.75, 3.05) is 6.61 Å². The molecule has 0 unspecified atom stereocenters. The van der Waals surface area contributed by atoms with E-state index < -0.39 is 30.1 Å². The zero-order valence-electron chi connectivity index (χ0n) is 16.9. The molecule has 1 N–H and O–H groups in total. The minimum atomic E-state index is -0.992. The van der Waals surface area contributed by atoms with E-state index in [1.165, 1.54) is 20.8 Å². The van der Waals surface area contributed by atoms with E-state index in [1.54, 1.807) is 18.3 Å². The Morgan fingerprint density at radius 1 is 1.00 bits per heavy atom. The molecule has 1 aromatic carbocycles. The van der Waals surface area contributed by atoms with Gasteiger partial charge in [0, 0.05) is 43.3 Å². The van der Waals surface area contributed by atoms with Gasteiger partial charge in [-0.1, -0.05) is 18.2 Å². The first-order valence-corrected chi connectivity index (χ1v) is 9.36. The number of aromatic nitrogens is 2. The highest BCUT2D eigenvalue weighted by molar-refractivity contribution is 6.08. The summed E-state index contributed by atoms with van der Waals surface area (Å²) in [5.41, 5.74) is 2.41. The number of nitrogens with one attached hydrogen (secondary N) is 1. The number of rotatable bonds is 7. The maximum absolute atomic E-state index is 11.6. The molecule has 8 nitrogen and oxygen atoms in total. The highest BCUT2D eigenvalue weighted by Crippen LogP contribution is 2.27. The van der Waals surface area contributed by atoms with Gasteiger partial charge >= 0.3 is 17.9 Å². The maximum Gasteiger partial charge on any atom is 0.303 e. The largest absolute Gasteiger partial charge is 0.462 e. The molecule has 8 heteroatoms. The van der Waals surface area contributed by atoms with Gasteiger partial charge in [-0.15, -0.1) is 0 Å². The van der Waals surface area contributed by atoms with Gasteiger partial charge in [-0.25, -0.2) is 0 Å². The highest BCUT2D eigenvalue weighted by Gasteiger charge is 2.26. The molecule has 2 heterocycles. The number of fused-ring (bicyclic) bond motifs is 3. The molecule has 0 saturated carbocycles. The van der Waals surface area contributed by atoms with Gasteiger partial charge in [-0.3, -0.25) is 19.4 Å². The summed E-state index contributed by atoms with van der Waals surface area (Å²) < 4.78 is 15.5. The van der Waals surface area contributed by atoms with Crippen molar-refractivity contribution in [1.29, 1.82) is 0 Å². The van der Waals surface area contributed by atoms with Gasteiger partial charge in [0.2, 0.25) is 0 Å². The molecule has 3 rings (SSSR count). The van der Waals surface area contributed by atoms with Gasteiger partial charge in [-0.05, 0) is 24.3 Å². The standard InChI is InChI=1S/C22H22N2O6/c1-13(25)28-12-21(30-15(3)27)20(29-14(2)26)9-8-19-22-17(10-11-23-19)16-6-4-5-7-18(16)24-22/h4-11,20-21,24H,12H2,1-3H3/b9-8+/t20-,21+/m0/s1. The number of hydrogen-bond donors (Lipinski definition) is 1. The summed E-state index contributed by atoms with van der Waals surface area (Å²) in [6, 6.07) is 9.80. The number of pyridine rings is 1. The average molecular weight is 410 g/mol. The van der Waals surface area contributed by atoms with Crippen LogP contribution in [0.4, 0.5) is 0 Å². The predicted molar refractivity (Wildman–Crippen MR) is 110 cm³/mol. The van der Waals surface area contributed by atoms with E-state index in [0.29, 0.717) is 5.69 Å². The molecule has 0 amide bonds. The molecule has 156 valence electrons. The lowest BCUT2D eigenvalue weighted by molar-refractivity contribution is -0.169. The first-order valence-electron chi connectivity index (χ1n) is 9.36. The van der Waals surface area contributed by atoms with Crippen LogP contribution < -0.4 is 0 Å². The summed E-state index contributed by atoms with van der Waals surface area (Å²) in [5, 5.41) is 2.06. The zero-order chi connectivity index (χ0) is 21.7. The van der Waals surface area contributed by atoms with Crippen molar-refractivity contribution >= 4 is 45.8 Å². The molecule has 0 saturated heterocycles. The number of carbonyl (C=O) groups is 3. The number of ether oxygens (including phenoxy) is 3. The van der Waals surface area contributed by atoms with Crippen LogP contribution >= 0.6 is 0 Å². The van der Waals surface area contributed by atoms with Crippen LogP contribution in [-0.2, 0) is 28.6 Å². The van der Waals surface area contributed by atoms with Crippen molar-refractivity contribution in [1.82, 2.24) is 9.97 Å². The second-order valence-corrected chi connectivity index (χ2v) is 6.67. The van der Waals surface area contributed by atoms with Crippen LogP contribution in [0.3, 0.4) is 0 Å². The molecule has 2 atom stereocenters. The van der Waals surface area contributed by atoms with E-state index in [9.17, 15) is 14.4 Å². The first kappa shape index (κ1) is 21.0. The summed E-state index contributed by atoms with van der Waals surface area (Å²) in [6.07, 6.45) is 2.97. The van der Waals surface area contributed by atoms with Gasteiger partial charge < -0.3 is 19.2 Å². The second kappa shape index (κ2) is 9.21. The summed E-state index contributed by atoms with van der Waals surface area (Å²) >= 11 is 0. The topological polar surface area (TPSA) is 108 Å². The Kier molecular flexibility index (Phi) is 6.46. The molecular weight excluding hydrogens is 388 g/mol. The van der Waals surface area contributed by atoms with Gasteiger partial charge in [-0.2, -0.15) is 0 Å². The van der Waals surface area contributed by atoms with Crippen molar-refractivity contribution in [3.63, 3.8) is 0 Å². The normalized spacial score (nSPS) is 13.3. The molecule has 0 aliphatic heterocycles. The molecule has 2 aromatic heterocycles. The Labute approximate surface area is 172 Å². The number of carbonyl (C=O) groups excluding carboxylic acids is 3. The fraction of sp³-hybridized carbons (Fsp3) is 0.273. The monoisotopic (exact) mass is 410 g/mol. The van der Waals surface area contributed by atoms with Crippen LogP contribution in [0, 0.1) is 0 Å². The molecule has 0 aliphatic carbocycles. The number of hydrogen-bond acceptors (Lipinski definition) is 7. The average Bonchev–Trinajstić information content (AvgIpc) is 3.07. The molecule has 0 fully saturated rings. The van der Waals surface area contributed by atoms with Crippen LogP contribution in [-0.4, -0.2) is 46.7 Å². The van der Waals surface area contributed by atoms with E-state index in [-0.39, 0.29) is 6.61 Å². The third kappa shape index (κ3) is 5.02. The van der Waals surface area contributed by atoms with E-state index in [2.05, 4.69) is 9.97 Å². The molecule has 0 aliphatic rings. The smallest absolute Gasteiger partial charge is 0.303 e. The third-order valence-electron chi connectivity index (χ3n) is 4.34. The van der Waals surface area contributed by atoms with Crippen LogP contribution in [0.2, 0.25) is 0 Å². The molecule has 30 heavy (non-hydrogen) atoms. The Morgan fingerprint density at radius 2 is 1.73 bits per heavy atom. The van der Waals surface area contributed by atoms with E-state index in [1.807, 2.05) is 30.3 Å². The molecule has 3 aromatic rings. The Bertz CT molecular complexity index is 1120. The lowest BCUT2D eigenvalue weighted by Gasteiger charge is -2.23. The van der Waals surface area contributed by atoms with Gasteiger partial charge in [0.05, 0.1) is 11.2 Å². The van der Waals surface area contributed by atoms with Crippen molar-refractivity contribution in [2.45, 2.75) is 33.0 Å². The van der Waals surface area contributed by atoms with Crippen LogP contribution in [0.1, 0.15) is 26.5 Å². The number of aromatic amines is 1. The maximum atomic E-state index is 11.6. The highest BCUT2D eigenvalue weighted by atomic mass is 16.6. The van der Waals surface area contributed by atoms with Gasteiger partial charge in [0.25, 0.3) is 0 Å². The van der Waals surface area contributed by atoms with Crippen molar-refractivity contribution < 1.29 is 28.6 Å². The predicted octanol–water partition coefficient (Wildman–Crippen LogP) is 3.16. The molecule has 0 spiro atoms. The van der Waals surface area contributed by atoms with Crippen LogP contribution in [0.15, 0.2) is 42.6 Å². The lowest BCUT2D eigenvalue weighted by Crippen LogP contribution is -2.37. The number of H-pyrrole nitrogens is 1. The fourth-order valence-corrected chi connectivity index (χ4v) is 3.15. The lowest BCUT2D eigenvalue weighted by atomic mass is 10.1. The number of para-hydroxylation sites is 1. The molecule has 0 bridgehead atoms. The SMILES string of the molecule is CC(=O)OC[C@@H](OC(C)=O)[C@H](/C=C/c1nccc2c1[nH]c1ccccc12)OC(C)=O. The second-order valence-electron chi connectivity index (χ2n) is 6.67. The summed E-state index contributed by atoms with van der Waals surface area (Å²) in [7, 11) is 0. The van der Waals surface area contributed by atoms with Crippen molar-refractivity contribution in [3.8, 4) is 0 Å². The Hall–Kier alpha value is -3.68. The minimum absolute atomic E-state index is 0.249. The fourth-order valence-electron chi connectivity index (χ4n) is 3.15. The Morgan fingerprint density at radius 3 is 2.43 bits per heavy atom. The first-order chi connectivity index (χ1) is 14.3. The third-order valence-corrected chi connectivity index (χ3v) is 4.34. The van der Waals surface area contributed by atoms with E-state index in [4.69, 9.17) is 14.2 Å². The van der Waals surface area contributed by atoms with Gasteiger partial charge in [0.1, 0.15) is 6.61 Å². The summed E-state index contributed by atoms with van der Waals surface area (Å²) in [4.78, 5) is 42.0. The van der Waals surface area contributed by atoms with Crippen LogP contribution in [0.25, 0.3) is 27.9 Å².